The van der Waals surface area contributed by atoms with Gasteiger partial charge in [0.05, 0.1) is 13.2 Å². The summed E-state index contributed by atoms with van der Waals surface area (Å²) in [6.07, 6.45) is 3.00. The fraction of sp³-hybridized carbons (Fsp3) is 0.667. The SMILES string of the molecule is COCCN(Cc1cccs1)C(=O)CC1CCCNC1. The van der Waals surface area contributed by atoms with Crippen LogP contribution in [0.3, 0.4) is 0 Å². The third-order valence-electron chi connectivity index (χ3n) is 3.71. The van der Waals surface area contributed by atoms with Crippen LogP contribution in [0, 0.1) is 5.92 Å². The zero-order chi connectivity index (χ0) is 14.2. The average Bonchev–Trinajstić information content (AvgIpc) is 2.97. The van der Waals surface area contributed by atoms with Gasteiger partial charge in [0.25, 0.3) is 0 Å². The van der Waals surface area contributed by atoms with Crippen molar-refractivity contribution in [2.24, 2.45) is 5.92 Å². The molecule has 1 saturated heterocycles. The number of carbonyl (C=O) groups is 1. The van der Waals surface area contributed by atoms with Crippen LogP contribution >= 0.6 is 11.3 Å². The van der Waals surface area contributed by atoms with Crippen molar-refractivity contribution >= 4 is 17.2 Å². The first kappa shape index (κ1) is 15.5. The van der Waals surface area contributed by atoms with Crippen LogP contribution < -0.4 is 5.32 Å². The monoisotopic (exact) mass is 296 g/mol. The topological polar surface area (TPSA) is 41.6 Å². The second-order valence-electron chi connectivity index (χ2n) is 5.30. The second kappa shape index (κ2) is 8.39. The quantitative estimate of drug-likeness (QED) is 0.838. The lowest BCUT2D eigenvalue weighted by atomic mass is 9.95. The molecule has 0 aromatic carbocycles. The van der Waals surface area contributed by atoms with Gasteiger partial charge >= 0.3 is 0 Å². The van der Waals surface area contributed by atoms with Crippen molar-refractivity contribution in [3.8, 4) is 0 Å². The third kappa shape index (κ3) is 4.89. The van der Waals surface area contributed by atoms with Crippen LogP contribution in [-0.4, -0.2) is 44.2 Å². The Balaban J connectivity index is 1.88. The molecule has 0 bridgehead atoms. The predicted molar refractivity (Wildman–Crippen MR) is 81.8 cm³/mol. The molecule has 1 unspecified atom stereocenters. The molecule has 1 aliphatic heterocycles. The van der Waals surface area contributed by atoms with Gasteiger partial charge in [-0.15, -0.1) is 11.3 Å². The minimum atomic E-state index is 0.254. The molecule has 0 radical (unpaired) electrons. The Kier molecular flexibility index (Phi) is 6.50. The fourth-order valence-corrected chi connectivity index (χ4v) is 3.28. The lowest BCUT2D eigenvalue weighted by Crippen LogP contribution is -2.37. The van der Waals surface area contributed by atoms with Crippen LogP contribution in [-0.2, 0) is 16.1 Å². The van der Waals surface area contributed by atoms with Gasteiger partial charge in [0, 0.05) is 25.0 Å². The Morgan fingerprint density at radius 1 is 1.60 bits per heavy atom. The van der Waals surface area contributed by atoms with Crippen LogP contribution in [0.15, 0.2) is 17.5 Å². The summed E-state index contributed by atoms with van der Waals surface area (Å²) in [6, 6.07) is 4.12. The number of hydrogen-bond donors (Lipinski definition) is 1. The molecule has 1 atom stereocenters. The van der Waals surface area contributed by atoms with E-state index in [9.17, 15) is 4.79 Å². The maximum atomic E-state index is 12.5. The summed E-state index contributed by atoms with van der Waals surface area (Å²) >= 11 is 1.70. The van der Waals surface area contributed by atoms with Crippen molar-refractivity contribution in [3.63, 3.8) is 0 Å². The summed E-state index contributed by atoms with van der Waals surface area (Å²) in [7, 11) is 1.68. The van der Waals surface area contributed by atoms with Gasteiger partial charge in [-0.05, 0) is 43.3 Å². The number of thiophene rings is 1. The van der Waals surface area contributed by atoms with E-state index in [2.05, 4.69) is 16.8 Å². The predicted octanol–water partition coefficient (Wildman–Crippen LogP) is 2.11. The highest BCUT2D eigenvalue weighted by Crippen LogP contribution is 2.18. The Hall–Kier alpha value is -0.910. The molecule has 20 heavy (non-hydrogen) atoms. The van der Waals surface area contributed by atoms with Crippen LogP contribution in [0.5, 0.6) is 0 Å². The molecule has 0 spiro atoms. The third-order valence-corrected chi connectivity index (χ3v) is 4.57. The van der Waals surface area contributed by atoms with Gasteiger partial charge in [-0.2, -0.15) is 0 Å². The van der Waals surface area contributed by atoms with Gasteiger partial charge in [0.15, 0.2) is 0 Å². The van der Waals surface area contributed by atoms with Crippen LogP contribution in [0.4, 0.5) is 0 Å². The lowest BCUT2D eigenvalue weighted by Gasteiger charge is -2.27. The first-order chi connectivity index (χ1) is 9.79. The molecule has 0 aliphatic carbocycles. The van der Waals surface area contributed by atoms with E-state index in [1.807, 2.05) is 11.0 Å². The van der Waals surface area contributed by atoms with Crippen molar-refractivity contribution in [1.29, 1.82) is 0 Å². The van der Waals surface area contributed by atoms with E-state index < -0.39 is 0 Å². The molecule has 1 N–H and O–H groups in total. The molecular formula is C15H24N2O2S. The van der Waals surface area contributed by atoms with E-state index in [1.165, 1.54) is 11.3 Å². The number of ether oxygens (including phenoxy) is 1. The van der Waals surface area contributed by atoms with Gasteiger partial charge < -0.3 is 15.0 Å². The highest BCUT2D eigenvalue weighted by Gasteiger charge is 2.21. The number of nitrogens with zero attached hydrogens (tertiary/aromatic N) is 1. The van der Waals surface area contributed by atoms with Gasteiger partial charge in [0.1, 0.15) is 0 Å². The Bertz CT molecular complexity index is 389. The molecule has 1 fully saturated rings. The molecule has 112 valence electrons. The fourth-order valence-electron chi connectivity index (χ4n) is 2.56. The number of rotatable bonds is 7. The summed E-state index contributed by atoms with van der Waals surface area (Å²) in [5, 5.41) is 5.43. The number of nitrogens with one attached hydrogen (secondary N) is 1. The Morgan fingerprint density at radius 3 is 3.15 bits per heavy atom. The Morgan fingerprint density at radius 2 is 2.50 bits per heavy atom. The van der Waals surface area contributed by atoms with Gasteiger partial charge in [-0.3, -0.25) is 4.79 Å². The highest BCUT2D eigenvalue weighted by atomic mass is 32.1. The summed E-state index contributed by atoms with van der Waals surface area (Å²) in [5.74, 6) is 0.744. The van der Waals surface area contributed by atoms with E-state index in [-0.39, 0.29) is 5.91 Å². The molecule has 1 aliphatic rings. The van der Waals surface area contributed by atoms with Crippen LogP contribution in [0.1, 0.15) is 24.1 Å². The van der Waals surface area contributed by atoms with E-state index >= 15 is 0 Å². The first-order valence-electron chi connectivity index (χ1n) is 7.29. The van der Waals surface area contributed by atoms with Crippen molar-refractivity contribution in [3.05, 3.63) is 22.4 Å². The molecule has 1 aromatic rings. The van der Waals surface area contributed by atoms with Crippen LogP contribution in [0.25, 0.3) is 0 Å². The highest BCUT2D eigenvalue weighted by molar-refractivity contribution is 7.09. The van der Waals surface area contributed by atoms with E-state index in [0.717, 1.165) is 19.5 Å². The van der Waals surface area contributed by atoms with E-state index in [4.69, 9.17) is 4.74 Å². The number of amides is 1. The first-order valence-corrected chi connectivity index (χ1v) is 8.17. The van der Waals surface area contributed by atoms with Crippen molar-refractivity contribution in [1.82, 2.24) is 10.2 Å². The maximum absolute atomic E-state index is 12.5. The molecule has 2 heterocycles. The van der Waals surface area contributed by atoms with Crippen LogP contribution in [0.2, 0.25) is 0 Å². The number of methoxy groups -OCH3 is 1. The largest absolute Gasteiger partial charge is 0.383 e. The van der Waals surface area contributed by atoms with Gasteiger partial charge in [0.2, 0.25) is 5.91 Å². The average molecular weight is 296 g/mol. The molecular weight excluding hydrogens is 272 g/mol. The summed E-state index contributed by atoms with van der Waals surface area (Å²) in [6.45, 7) is 4.05. The smallest absolute Gasteiger partial charge is 0.223 e. The molecule has 4 nitrogen and oxygen atoms in total. The lowest BCUT2D eigenvalue weighted by molar-refractivity contribution is -0.133. The number of piperidine rings is 1. The van der Waals surface area contributed by atoms with Gasteiger partial charge in [-0.25, -0.2) is 0 Å². The Labute approximate surface area is 125 Å². The zero-order valence-corrected chi connectivity index (χ0v) is 13.0. The minimum Gasteiger partial charge on any atom is -0.383 e. The molecule has 1 aromatic heterocycles. The van der Waals surface area contributed by atoms with Crippen molar-refractivity contribution < 1.29 is 9.53 Å². The number of hydrogen-bond acceptors (Lipinski definition) is 4. The minimum absolute atomic E-state index is 0.254. The zero-order valence-electron chi connectivity index (χ0n) is 12.1. The molecule has 0 saturated carbocycles. The van der Waals surface area contributed by atoms with E-state index in [0.29, 0.717) is 32.0 Å². The van der Waals surface area contributed by atoms with Crippen molar-refractivity contribution in [2.75, 3.05) is 33.4 Å². The van der Waals surface area contributed by atoms with E-state index in [1.54, 1.807) is 18.4 Å². The molecule has 2 rings (SSSR count). The summed E-state index contributed by atoms with van der Waals surface area (Å²) in [4.78, 5) is 15.7. The standard InChI is InChI=1S/C15H24N2O2S/c1-19-8-7-17(12-14-5-3-9-20-14)15(18)10-13-4-2-6-16-11-13/h3,5,9,13,16H,2,4,6-8,10-12H2,1H3. The number of carbonyl (C=O) groups excluding carboxylic acids is 1. The second-order valence-corrected chi connectivity index (χ2v) is 6.34. The van der Waals surface area contributed by atoms with Gasteiger partial charge in [-0.1, -0.05) is 6.07 Å². The summed E-state index contributed by atoms with van der Waals surface area (Å²) in [5.41, 5.74) is 0. The maximum Gasteiger partial charge on any atom is 0.223 e. The molecule has 1 amide bonds. The van der Waals surface area contributed by atoms with Crippen molar-refractivity contribution in [2.45, 2.75) is 25.8 Å². The summed E-state index contributed by atoms with van der Waals surface area (Å²) < 4.78 is 5.13. The molecule has 5 heteroatoms. The normalized spacial score (nSPS) is 18.9.